The van der Waals surface area contributed by atoms with E-state index in [0.29, 0.717) is 27.5 Å². The summed E-state index contributed by atoms with van der Waals surface area (Å²) in [6.07, 6.45) is 0. The molecular weight excluding hydrogens is 434 g/mol. The minimum atomic E-state index is -0.400. The number of aryl methyl sites for hydroxylation is 2. The summed E-state index contributed by atoms with van der Waals surface area (Å²) < 4.78 is 0. The first-order valence-electron chi connectivity index (χ1n) is 10.7. The summed E-state index contributed by atoms with van der Waals surface area (Å²) in [7, 11) is 3.83. The van der Waals surface area contributed by atoms with Gasteiger partial charge in [-0.3, -0.25) is 9.59 Å². The number of nitrogens with zero attached hydrogens (tertiary/aromatic N) is 2. The van der Waals surface area contributed by atoms with E-state index in [0.717, 1.165) is 22.4 Å². The van der Waals surface area contributed by atoms with Crippen molar-refractivity contribution in [2.75, 3.05) is 29.2 Å². The molecule has 5 nitrogen and oxygen atoms in total. The zero-order valence-electron chi connectivity index (χ0n) is 19.4. The normalized spacial score (nSPS) is 13.7. The van der Waals surface area contributed by atoms with Crippen LogP contribution in [0.3, 0.4) is 0 Å². The molecule has 2 amide bonds. The van der Waals surface area contributed by atoms with Gasteiger partial charge < -0.3 is 10.2 Å². The number of carbonyl (C=O) groups is 2. The molecule has 1 N–H and O–H groups in total. The summed E-state index contributed by atoms with van der Waals surface area (Å²) in [6.45, 7) is 5.89. The van der Waals surface area contributed by atoms with E-state index < -0.39 is 5.91 Å². The van der Waals surface area contributed by atoms with Gasteiger partial charge in [-0.2, -0.15) is 0 Å². The molecule has 0 saturated heterocycles. The zero-order valence-corrected chi connectivity index (χ0v) is 20.1. The van der Waals surface area contributed by atoms with Crippen LogP contribution in [0.4, 0.5) is 17.1 Å². The van der Waals surface area contributed by atoms with Gasteiger partial charge in [0.25, 0.3) is 11.8 Å². The van der Waals surface area contributed by atoms with Crippen molar-refractivity contribution < 1.29 is 9.59 Å². The number of rotatable bonds is 5. The minimum Gasteiger partial charge on any atom is -0.378 e. The molecule has 1 heterocycles. The molecule has 0 saturated carbocycles. The summed E-state index contributed by atoms with van der Waals surface area (Å²) in [5.41, 5.74) is 6.36. The third-order valence-corrected chi connectivity index (χ3v) is 6.42. The van der Waals surface area contributed by atoms with Crippen molar-refractivity contribution in [3.63, 3.8) is 0 Å². The standard InChI is InChI=1S/C27H26ClN3O2/c1-16-12-13-19(14-17(16)2)24-25(29-23-11-7-10-22(28)18(23)3)27(33)31(26(24)32)21-9-6-8-20(15-21)30(4)5/h6-15,29H,1-5H3. The first-order valence-corrected chi connectivity index (χ1v) is 11.1. The van der Waals surface area contributed by atoms with E-state index in [4.69, 9.17) is 11.6 Å². The quantitative estimate of drug-likeness (QED) is 0.495. The number of anilines is 3. The Morgan fingerprint density at radius 3 is 2.27 bits per heavy atom. The SMILES string of the molecule is Cc1ccc(C2=C(Nc3cccc(Cl)c3C)C(=O)N(c3cccc(N(C)C)c3)C2=O)cc1C. The lowest BCUT2D eigenvalue weighted by Gasteiger charge is -2.19. The van der Waals surface area contributed by atoms with Crippen molar-refractivity contribution >= 4 is 46.1 Å². The number of carbonyl (C=O) groups excluding carboxylic acids is 2. The molecule has 0 bridgehead atoms. The van der Waals surface area contributed by atoms with Crippen LogP contribution in [-0.4, -0.2) is 25.9 Å². The Bertz CT molecular complexity index is 1310. The van der Waals surface area contributed by atoms with Crippen LogP contribution < -0.4 is 15.1 Å². The molecule has 1 aliphatic rings. The van der Waals surface area contributed by atoms with Crippen molar-refractivity contribution in [1.82, 2.24) is 0 Å². The molecule has 168 valence electrons. The van der Waals surface area contributed by atoms with Gasteiger partial charge in [0.15, 0.2) is 0 Å². The van der Waals surface area contributed by atoms with E-state index in [-0.39, 0.29) is 11.6 Å². The molecule has 0 aromatic heterocycles. The molecule has 0 radical (unpaired) electrons. The Hall–Kier alpha value is -3.57. The number of benzene rings is 3. The molecular formula is C27H26ClN3O2. The van der Waals surface area contributed by atoms with Crippen LogP contribution in [0.2, 0.25) is 5.02 Å². The fourth-order valence-electron chi connectivity index (χ4n) is 3.83. The summed E-state index contributed by atoms with van der Waals surface area (Å²) in [5, 5.41) is 3.81. The number of halogens is 1. The van der Waals surface area contributed by atoms with Crippen LogP contribution in [0, 0.1) is 20.8 Å². The summed E-state index contributed by atoms with van der Waals surface area (Å²) in [6, 6.07) is 18.6. The third kappa shape index (κ3) is 4.12. The van der Waals surface area contributed by atoms with Gasteiger partial charge in [-0.15, -0.1) is 0 Å². The maximum atomic E-state index is 13.7. The first-order chi connectivity index (χ1) is 15.7. The van der Waals surface area contributed by atoms with Crippen molar-refractivity contribution in [3.8, 4) is 0 Å². The van der Waals surface area contributed by atoms with Gasteiger partial charge in [-0.1, -0.05) is 41.9 Å². The predicted octanol–water partition coefficient (Wildman–Crippen LogP) is 5.73. The molecule has 4 rings (SSSR count). The molecule has 3 aromatic rings. The number of amides is 2. The molecule has 0 fully saturated rings. The van der Waals surface area contributed by atoms with Crippen LogP contribution in [0.1, 0.15) is 22.3 Å². The summed E-state index contributed by atoms with van der Waals surface area (Å²) >= 11 is 6.30. The van der Waals surface area contributed by atoms with Gasteiger partial charge in [0.1, 0.15) is 5.70 Å². The molecule has 1 aliphatic heterocycles. The second-order valence-electron chi connectivity index (χ2n) is 8.45. The Morgan fingerprint density at radius 1 is 0.848 bits per heavy atom. The third-order valence-electron chi connectivity index (χ3n) is 6.01. The number of nitrogens with one attached hydrogen (secondary N) is 1. The molecule has 6 heteroatoms. The fourth-order valence-corrected chi connectivity index (χ4v) is 4.01. The van der Waals surface area contributed by atoms with E-state index in [2.05, 4.69) is 5.32 Å². The van der Waals surface area contributed by atoms with Crippen LogP contribution in [0.25, 0.3) is 5.57 Å². The van der Waals surface area contributed by atoms with Gasteiger partial charge >= 0.3 is 0 Å². The average Bonchev–Trinajstić information content (AvgIpc) is 3.03. The van der Waals surface area contributed by atoms with Gasteiger partial charge in [0.2, 0.25) is 0 Å². The zero-order chi connectivity index (χ0) is 23.9. The Labute approximate surface area is 199 Å². The molecule has 0 aliphatic carbocycles. The van der Waals surface area contributed by atoms with Crippen LogP contribution in [0.15, 0.2) is 66.4 Å². The highest BCUT2D eigenvalue weighted by molar-refractivity contribution is 6.46. The van der Waals surface area contributed by atoms with Gasteiger partial charge in [-0.05, 0) is 73.4 Å². The lowest BCUT2D eigenvalue weighted by molar-refractivity contribution is -0.120. The summed E-state index contributed by atoms with van der Waals surface area (Å²) in [4.78, 5) is 30.6. The molecule has 0 unspecified atom stereocenters. The number of hydrogen-bond donors (Lipinski definition) is 1. The highest BCUT2D eigenvalue weighted by atomic mass is 35.5. The van der Waals surface area contributed by atoms with E-state index in [1.165, 1.54) is 4.90 Å². The van der Waals surface area contributed by atoms with E-state index in [9.17, 15) is 9.59 Å². The maximum absolute atomic E-state index is 13.7. The van der Waals surface area contributed by atoms with Crippen molar-refractivity contribution in [1.29, 1.82) is 0 Å². The molecule has 3 aromatic carbocycles. The number of imide groups is 1. The largest absolute Gasteiger partial charge is 0.378 e. The van der Waals surface area contributed by atoms with Crippen LogP contribution >= 0.6 is 11.6 Å². The Morgan fingerprint density at radius 2 is 1.58 bits per heavy atom. The summed E-state index contributed by atoms with van der Waals surface area (Å²) in [5.74, 6) is -0.759. The highest BCUT2D eigenvalue weighted by Crippen LogP contribution is 2.36. The monoisotopic (exact) mass is 459 g/mol. The molecule has 0 spiro atoms. The molecule has 0 atom stereocenters. The Kier molecular flexibility index (Phi) is 6.00. The van der Waals surface area contributed by atoms with Gasteiger partial charge in [-0.25, -0.2) is 4.90 Å². The maximum Gasteiger partial charge on any atom is 0.282 e. The number of hydrogen-bond acceptors (Lipinski definition) is 4. The second-order valence-corrected chi connectivity index (χ2v) is 8.85. The van der Waals surface area contributed by atoms with Crippen molar-refractivity contribution in [2.24, 2.45) is 0 Å². The topological polar surface area (TPSA) is 52.7 Å². The molecule has 33 heavy (non-hydrogen) atoms. The first kappa shape index (κ1) is 22.6. The minimum absolute atomic E-state index is 0.240. The van der Waals surface area contributed by atoms with E-state index in [1.807, 2.05) is 88.3 Å². The van der Waals surface area contributed by atoms with Gasteiger partial charge in [0, 0.05) is 30.5 Å². The van der Waals surface area contributed by atoms with Crippen LogP contribution in [-0.2, 0) is 9.59 Å². The van der Waals surface area contributed by atoms with Gasteiger partial charge in [0.05, 0.1) is 11.3 Å². The highest BCUT2D eigenvalue weighted by Gasteiger charge is 2.40. The average molecular weight is 460 g/mol. The lowest BCUT2D eigenvalue weighted by Crippen LogP contribution is -2.32. The fraction of sp³-hybridized carbons (Fsp3) is 0.185. The second kappa shape index (κ2) is 8.75. The smallest absolute Gasteiger partial charge is 0.282 e. The Balaban J connectivity index is 1.87. The van der Waals surface area contributed by atoms with E-state index >= 15 is 0 Å². The van der Waals surface area contributed by atoms with Crippen molar-refractivity contribution in [2.45, 2.75) is 20.8 Å². The van der Waals surface area contributed by atoms with E-state index in [1.54, 1.807) is 12.1 Å². The lowest BCUT2D eigenvalue weighted by atomic mass is 9.99. The van der Waals surface area contributed by atoms with Crippen LogP contribution in [0.5, 0.6) is 0 Å². The van der Waals surface area contributed by atoms with Crippen molar-refractivity contribution in [3.05, 3.63) is 93.6 Å². The predicted molar refractivity (Wildman–Crippen MR) is 136 cm³/mol.